The number of aliphatic hydroxyl groups excluding tert-OH is 1. The van der Waals surface area contributed by atoms with Crippen LogP contribution in [0, 0.1) is 5.92 Å². The summed E-state index contributed by atoms with van der Waals surface area (Å²) in [7, 11) is 3.96. The summed E-state index contributed by atoms with van der Waals surface area (Å²) in [6.07, 6.45) is 0. The minimum Gasteiger partial charge on any atom is -0.506 e. The molecule has 0 bridgehead atoms. The zero-order valence-corrected chi connectivity index (χ0v) is 17.2. The largest absolute Gasteiger partial charge is 1.00 e. The minimum absolute atomic E-state index is 0. The van der Waals surface area contributed by atoms with Crippen LogP contribution in [0.25, 0.3) is 0 Å². The van der Waals surface area contributed by atoms with E-state index in [1.165, 1.54) is 0 Å². The van der Waals surface area contributed by atoms with Gasteiger partial charge in [-0.1, -0.05) is 0 Å². The van der Waals surface area contributed by atoms with Crippen LogP contribution in [-0.4, -0.2) is 63.2 Å². The number of rotatable bonds is 4. The maximum absolute atomic E-state index is 12.6. The van der Waals surface area contributed by atoms with Crippen LogP contribution in [0.2, 0.25) is 0 Å². The number of hydrogen-bond donors (Lipinski definition) is 1. The van der Waals surface area contributed by atoms with Gasteiger partial charge in [-0.2, -0.15) is 0 Å². The molecule has 2 aliphatic rings. The number of Topliss-reactive ketones (excluding diaryl/α,β-unsaturated/α-hetero) is 1. The van der Waals surface area contributed by atoms with Gasteiger partial charge in [0.05, 0.1) is 28.4 Å². The zero-order valence-electron chi connectivity index (χ0n) is 15.2. The molecule has 0 aromatic heterocycles. The van der Waals surface area contributed by atoms with E-state index in [1.807, 2.05) is 0 Å². The van der Waals surface area contributed by atoms with E-state index in [2.05, 4.69) is 18.9 Å². The average molecular weight is 389 g/mol. The third kappa shape index (κ3) is 3.31. The van der Waals surface area contributed by atoms with E-state index in [-0.39, 0.29) is 35.1 Å². The quantitative estimate of drug-likeness (QED) is 0.168. The van der Waals surface area contributed by atoms with E-state index >= 15 is 0 Å². The van der Waals surface area contributed by atoms with Crippen molar-refractivity contribution in [1.29, 1.82) is 0 Å². The first-order chi connectivity index (χ1) is 12.3. The maximum atomic E-state index is 12.6. The monoisotopic (exact) mass is 389 g/mol. The number of ether oxygens (including phenoxy) is 4. The van der Waals surface area contributed by atoms with Crippen LogP contribution in [-0.2, 0) is 42.9 Å². The van der Waals surface area contributed by atoms with Gasteiger partial charge in [-0.25, -0.2) is 14.4 Å². The van der Waals surface area contributed by atoms with Crippen molar-refractivity contribution in [3.05, 3.63) is 33.6 Å². The fourth-order valence-corrected chi connectivity index (χ4v) is 2.83. The van der Waals surface area contributed by atoms with Crippen LogP contribution in [0.4, 0.5) is 0 Å². The van der Waals surface area contributed by atoms with Gasteiger partial charge in [0.1, 0.15) is 28.4 Å². The van der Waals surface area contributed by atoms with Gasteiger partial charge >= 0.3 is 53.4 Å². The van der Waals surface area contributed by atoms with Crippen molar-refractivity contribution in [2.45, 2.75) is 0 Å². The molecular formula is C16H14NaO10+. The van der Waals surface area contributed by atoms with Crippen molar-refractivity contribution in [2.24, 2.45) is 5.92 Å². The third-order valence-electron chi connectivity index (χ3n) is 3.91. The van der Waals surface area contributed by atoms with E-state index in [1.54, 1.807) is 0 Å². The minimum atomic E-state index is -1.75. The summed E-state index contributed by atoms with van der Waals surface area (Å²) < 4.78 is 18.2. The van der Waals surface area contributed by atoms with Crippen LogP contribution in [0.5, 0.6) is 0 Å². The normalized spacial score (nSPS) is 18.1. The Bertz CT molecular complexity index is 845. The Labute approximate surface area is 175 Å². The number of esters is 4. The van der Waals surface area contributed by atoms with E-state index in [4.69, 9.17) is 0 Å². The van der Waals surface area contributed by atoms with Crippen molar-refractivity contribution in [1.82, 2.24) is 0 Å². The van der Waals surface area contributed by atoms with Gasteiger partial charge in [0, 0.05) is 11.1 Å². The van der Waals surface area contributed by atoms with E-state index < -0.39 is 63.6 Å². The summed E-state index contributed by atoms with van der Waals surface area (Å²) in [4.78, 5) is 61.0. The summed E-state index contributed by atoms with van der Waals surface area (Å²) in [5.74, 6) is -8.17. The van der Waals surface area contributed by atoms with Gasteiger partial charge in [0.2, 0.25) is 0 Å². The molecule has 0 radical (unpaired) electrons. The Kier molecular flexibility index (Phi) is 7.12. The second-order valence-corrected chi connectivity index (χ2v) is 5.06. The van der Waals surface area contributed by atoms with Crippen LogP contribution in [0.1, 0.15) is 0 Å². The Hall–Kier alpha value is -2.43. The number of fused-ring (bicyclic) bond motifs is 1. The Morgan fingerprint density at radius 2 is 1.22 bits per heavy atom. The molecule has 0 aromatic carbocycles. The Balaban J connectivity index is 0.00000364. The van der Waals surface area contributed by atoms with E-state index in [9.17, 15) is 29.1 Å². The van der Waals surface area contributed by atoms with Gasteiger partial charge in [-0.15, -0.1) is 0 Å². The predicted octanol–water partition coefficient (Wildman–Crippen LogP) is -3.70. The first kappa shape index (κ1) is 22.6. The fourth-order valence-electron chi connectivity index (χ4n) is 2.83. The molecule has 0 spiro atoms. The number of carbonyl (C=O) groups excluding carboxylic acids is 5. The summed E-state index contributed by atoms with van der Waals surface area (Å²) >= 11 is 0. The first-order valence-corrected chi connectivity index (χ1v) is 7.06. The van der Waals surface area contributed by atoms with Crippen molar-refractivity contribution in [3.8, 4) is 0 Å². The third-order valence-corrected chi connectivity index (χ3v) is 3.91. The zero-order chi connectivity index (χ0) is 19.8. The molecule has 2 rings (SSSR count). The molecule has 1 atom stereocenters. The molecule has 11 heteroatoms. The molecular weight excluding hydrogens is 375 g/mol. The second kappa shape index (κ2) is 8.51. The van der Waals surface area contributed by atoms with Crippen LogP contribution >= 0.6 is 0 Å². The molecule has 2 aliphatic carbocycles. The van der Waals surface area contributed by atoms with Gasteiger partial charge in [0.25, 0.3) is 0 Å². The number of methoxy groups -OCH3 is 4. The smallest absolute Gasteiger partial charge is 0.506 e. The summed E-state index contributed by atoms with van der Waals surface area (Å²) in [6, 6.07) is 0. The van der Waals surface area contributed by atoms with Gasteiger partial charge in [-0.3, -0.25) is 9.59 Å². The molecule has 27 heavy (non-hydrogen) atoms. The predicted molar refractivity (Wildman–Crippen MR) is 80.3 cm³/mol. The molecule has 1 N–H and O–H groups in total. The number of carbonyl (C=O) groups is 5. The molecule has 0 saturated carbocycles. The maximum Gasteiger partial charge on any atom is 1.00 e. The molecule has 0 heterocycles. The van der Waals surface area contributed by atoms with E-state index in [0.29, 0.717) is 0 Å². The Morgan fingerprint density at radius 1 is 0.778 bits per heavy atom. The summed E-state index contributed by atoms with van der Waals surface area (Å²) in [5.41, 5.74) is -2.69. The molecule has 0 fully saturated rings. The standard InChI is InChI=1S/C16H14O10.Na/c1-23-13(19)7-5-6(9(11(7)17)15(21)25-3)10(16(22)26-4)12(18)8(5)14(20)24-2;/h7,18H,1-4H3;/q;+1. The van der Waals surface area contributed by atoms with Gasteiger partial charge in [-0.05, 0) is 0 Å². The SMILES string of the molecule is COC(=O)C1=C(O)C(C(=O)OC)=C2C1=C(C(=O)OC)C(=O)C2C(=O)OC.[Na+]. The fraction of sp³-hybridized carbons (Fsp3) is 0.312. The van der Waals surface area contributed by atoms with Gasteiger partial charge in [0.15, 0.2) is 5.78 Å². The van der Waals surface area contributed by atoms with Crippen molar-refractivity contribution in [3.63, 3.8) is 0 Å². The van der Waals surface area contributed by atoms with E-state index in [0.717, 1.165) is 28.4 Å². The molecule has 1 unspecified atom stereocenters. The van der Waals surface area contributed by atoms with Crippen molar-refractivity contribution < 1.29 is 77.6 Å². The summed E-state index contributed by atoms with van der Waals surface area (Å²) in [6.45, 7) is 0. The summed E-state index contributed by atoms with van der Waals surface area (Å²) in [5, 5.41) is 10.4. The molecule has 0 aliphatic heterocycles. The average Bonchev–Trinajstić information content (AvgIpc) is 3.08. The molecule has 138 valence electrons. The number of aliphatic hydroxyl groups is 1. The van der Waals surface area contributed by atoms with Crippen LogP contribution < -0.4 is 29.6 Å². The van der Waals surface area contributed by atoms with Crippen LogP contribution in [0.3, 0.4) is 0 Å². The molecule has 0 amide bonds. The molecule has 10 nitrogen and oxygen atoms in total. The topological polar surface area (TPSA) is 142 Å². The van der Waals surface area contributed by atoms with Crippen LogP contribution in [0.15, 0.2) is 33.6 Å². The number of hydrogen-bond acceptors (Lipinski definition) is 10. The molecule has 0 saturated heterocycles. The van der Waals surface area contributed by atoms with Crippen molar-refractivity contribution in [2.75, 3.05) is 28.4 Å². The van der Waals surface area contributed by atoms with Crippen molar-refractivity contribution >= 4 is 29.7 Å². The molecule has 0 aromatic rings. The van der Waals surface area contributed by atoms with Gasteiger partial charge < -0.3 is 24.1 Å². The second-order valence-electron chi connectivity index (χ2n) is 5.06. The Morgan fingerprint density at radius 3 is 1.67 bits per heavy atom. The number of ketones is 1. The first-order valence-electron chi connectivity index (χ1n) is 7.06.